The van der Waals surface area contributed by atoms with Crippen LogP contribution in [0.25, 0.3) is 0 Å². The van der Waals surface area contributed by atoms with Gasteiger partial charge in [-0.25, -0.2) is 4.79 Å². The molecule has 1 aromatic rings. The molecule has 1 heterocycles. The van der Waals surface area contributed by atoms with E-state index >= 15 is 0 Å². The van der Waals surface area contributed by atoms with Crippen LogP contribution in [0.4, 0.5) is 0 Å². The molecule has 1 aliphatic rings. The second-order valence-electron chi connectivity index (χ2n) is 2.94. The van der Waals surface area contributed by atoms with Crippen molar-refractivity contribution in [2.75, 3.05) is 0 Å². The molecule has 0 aliphatic heterocycles. The summed E-state index contributed by atoms with van der Waals surface area (Å²) >= 11 is 0. The van der Waals surface area contributed by atoms with E-state index in [0.29, 0.717) is 6.42 Å². The van der Waals surface area contributed by atoms with Crippen LogP contribution in [-0.2, 0) is 16.8 Å². The Hall–Kier alpha value is -1.29. The molecule has 2 N–H and O–H groups in total. The van der Waals surface area contributed by atoms with Gasteiger partial charge >= 0.3 is 5.97 Å². The van der Waals surface area contributed by atoms with E-state index in [1.165, 1.54) is 6.26 Å². The zero-order chi connectivity index (χ0) is 8.77. The number of rotatable bonds is 1. The van der Waals surface area contributed by atoms with E-state index in [-0.39, 0.29) is 12.2 Å². The number of carboxylic acid groups (broad SMARTS) is 1. The van der Waals surface area contributed by atoms with Gasteiger partial charge in [-0.3, -0.25) is 0 Å². The van der Waals surface area contributed by atoms with Crippen LogP contribution in [0.1, 0.15) is 17.7 Å². The summed E-state index contributed by atoms with van der Waals surface area (Å²) in [6, 6.07) is 1.69. The highest BCUT2D eigenvalue weighted by molar-refractivity contribution is 5.79. The van der Waals surface area contributed by atoms with Gasteiger partial charge in [-0.2, -0.15) is 0 Å². The molecular weight excluding hydrogens is 160 g/mol. The van der Waals surface area contributed by atoms with Gasteiger partial charge in [0.2, 0.25) is 5.60 Å². The number of carbonyl (C=O) groups is 1. The maximum absolute atomic E-state index is 10.7. The number of furan rings is 1. The van der Waals surface area contributed by atoms with Crippen molar-refractivity contribution in [2.45, 2.75) is 18.4 Å². The van der Waals surface area contributed by atoms with E-state index in [4.69, 9.17) is 9.52 Å². The van der Waals surface area contributed by atoms with Crippen molar-refractivity contribution in [1.29, 1.82) is 0 Å². The van der Waals surface area contributed by atoms with Crippen LogP contribution >= 0.6 is 0 Å². The van der Waals surface area contributed by atoms with Crippen LogP contribution in [0.15, 0.2) is 16.7 Å². The summed E-state index contributed by atoms with van der Waals surface area (Å²) in [5.41, 5.74) is -1.00. The van der Waals surface area contributed by atoms with Crippen molar-refractivity contribution in [1.82, 2.24) is 0 Å². The van der Waals surface area contributed by atoms with Gasteiger partial charge in [0.15, 0.2) is 0 Å². The van der Waals surface area contributed by atoms with E-state index < -0.39 is 11.6 Å². The first kappa shape index (κ1) is 7.36. The molecule has 1 aromatic heterocycles. The third-order valence-electron chi connectivity index (χ3n) is 2.23. The third-order valence-corrected chi connectivity index (χ3v) is 2.23. The Morgan fingerprint density at radius 2 is 2.42 bits per heavy atom. The fourth-order valence-corrected chi connectivity index (χ4v) is 1.53. The minimum atomic E-state index is -1.79. The SMILES string of the molecule is O=C(O)C1(O)CCc2ccoc21. The van der Waals surface area contributed by atoms with Crippen molar-refractivity contribution < 1.29 is 19.4 Å². The molecule has 0 saturated heterocycles. The van der Waals surface area contributed by atoms with E-state index in [2.05, 4.69) is 0 Å². The molecule has 1 atom stereocenters. The molecule has 0 saturated carbocycles. The topological polar surface area (TPSA) is 70.7 Å². The Labute approximate surface area is 68.4 Å². The Morgan fingerprint density at radius 1 is 1.67 bits per heavy atom. The molecule has 1 aliphatic carbocycles. The lowest BCUT2D eigenvalue weighted by atomic mass is 10.0. The molecule has 4 nitrogen and oxygen atoms in total. The molecule has 64 valence electrons. The second-order valence-corrected chi connectivity index (χ2v) is 2.94. The van der Waals surface area contributed by atoms with Crippen LogP contribution in [0.3, 0.4) is 0 Å². The Balaban J connectivity index is 2.51. The summed E-state index contributed by atoms with van der Waals surface area (Å²) < 4.78 is 4.92. The zero-order valence-electron chi connectivity index (χ0n) is 6.28. The van der Waals surface area contributed by atoms with Gasteiger partial charge in [-0.05, 0) is 24.5 Å². The first-order valence-electron chi connectivity index (χ1n) is 3.67. The number of hydrogen-bond donors (Lipinski definition) is 2. The molecule has 4 heteroatoms. The van der Waals surface area contributed by atoms with Gasteiger partial charge in [-0.15, -0.1) is 0 Å². The minimum absolute atomic E-state index is 0.190. The first-order valence-corrected chi connectivity index (χ1v) is 3.67. The Kier molecular flexibility index (Phi) is 1.29. The summed E-state index contributed by atoms with van der Waals surface area (Å²) in [4.78, 5) is 10.7. The number of aliphatic hydroxyl groups is 1. The van der Waals surface area contributed by atoms with Crippen LogP contribution in [0, 0.1) is 0 Å². The molecule has 0 aromatic carbocycles. The zero-order valence-corrected chi connectivity index (χ0v) is 6.28. The summed E-state index contributed by atoms with van der Waals surface area (Å²) in [5.74, 6) is -1.05. The minimum Gasteiger partial charge on any atom is -0.479 e. The van der Waals surface area contributed by atoms with Crippen molar-refractivity contribution in [3.8, 4) is 0 Å². The fraction of sp³-hybridized carbons (Fsp3) is 0.375. The number of fused-ring (bicyclic) bond motifs is 1. The largest absolute Gasteiger partial charge is 0.479 e. The van der Waals surface area contributed by atoms with Crippen LogP contribution in [-0.4, -0.2) is 16.2 Å². The van der Waals surface area contributed by atoms with Gasteiger partial charge in [0.1, 0.15) is 5.76 Å². The predicted molar refractivity (Wildman–Crippen MR) is 38.6 cm³/mol. The molecule has 0 spiro atoms. The second kappa shape index (κ2) is 2.10. The maximum Gasteiger partial charge on any atom is 0.343 e. The first-order chi connectivity index (χ1) is 5.64. The highest BCUT2D eigenvalue weighted by atomic mass is 16.4. The van der Waals surface area contributed by atoms with Crippen molar-refractivity contribution in [2.24, 2.45) is 0 Å². The highest BCUT2D eigenvalue weighted by Crippen LogP contribution is 2.37. The van der Waals surface area contributed by atoms with Crippen molar-refractivity contribution in [3.63, 3.8) is 0 Å². The van der Waals surface area contributed by atoms with Gasteiger partial charge < -0.3 is 14.6 Å². The van der Waals surface area contributed by atoms with Gasteiger partial charge in [0, 0.05) is 0 Å². The summed E-state index contributed by atoms with van der Waals surface area (Å²) in [5, 5.41) is 18.3. The molecule has 2 rings (SSSR count). The average molecular weight is 168 g/mol. The lowest BCUT2D eigenvalue weighted by molar-refractivity contribution is -0.161. The average Bonchev–Trinajstić information content (AvgIpc) is 2.54. The monoisotopic (exact) mass is 168 g/mol. The van der Waals surface area contributed by atoms with Crippen LogP contribution in [0.2, 0.25) is 0 Å². The third kappa shape index (κ3) is 0.726. The molecule has 12 heavy (non-hydrogen) atoms. The standard InChI is InChI=1S/C8H8O4/c9-7(10)8(11)3-1-5-2-4-12-6(5)8/h2,4,11H,1,3H2,(H,9,10). The fourth-order valence-electron chi connectivity index (χ4n) is 1.53. The van der Waals surface area contributed by atoms with Gasteiger partial charge in [0.25, 0.3) is 0 Å². The summed E-state index contributed by atoms with van der Waals surface area (Å²) in [6.45, 7) is 0. The molecular formula is C8H8O4. The summed E-state index contributed by atoms with van der Waals surface area (Å²) in [6.07, 6.45) is 2.17. The van der Waals surface area contributed by atoms with E-state index in [1.54, 1.807) is 6.07 Å². The molecule has 0 fully saturated rings. The number of aryl methyl sites for hydroxylation is 1. The van der Waals surface area contributed by atoms with Crippen molar-refractivity contribution >= 4 is 5.97 Å². The van der Waals surface area contributed by atoms with Gasteiger partial charge in [0.05, 0.1) is 6.26 Å². The summed E-state index contributed by atoms with van der Waals surface area (Å²) in [7, 11) is 0. The smallest absolute Gasteiger partial charge is 0.343 e. The number of carboxylic acids is 1. The van der Waals surface area contributed by atoms with Crippen molar-refractivity contribution in [3.05, 3.63) is 23.7 Å². The molecule has 0 radical (unpaired) electrons. The number of hydrogen-bond acceptors (Lipinski definition) is 3. The van der Waals surface area contributed by atoms with Crippen LogP contribution in [0.5, 0.6) is 0 Å². The molecule has 0 amide bonds. The van der Waals surface area contributed by atoms with Gasteiger partial charge in [-0.1, -0.05) is 0 Å². The normalized spacial score (nSPS) is 27.1. The van der Waals surface area contributed by atoms with E-state index in [9.17, 15) is 9.90 Å². The number of aliphatic carboxylic acids is 1. The molecule has 0 bridgehead atoms. The lowest BCUT2D eigenvalue weighted by Gasteiger charge is -2.14. The highest BCUT2D eigenvalue weighted by Gasteiger charge is 2.46. The Morgan fingerprint density at radius 3 is 3.08 bits per heavy atom. The lowest BCUT2D eigenvalue weighted by Crippen LogP contribution is -2.32. The maximum atomic E-state index is 10.7. The predicted octanol–water partition coefficient (Wildman–Crippen LogP) is 0.498. The quantitative estimate of drug-likeness (QED) is 0.640. The molecule has 1 unspecified atom stereocenters. The Bertz CT molecular complexity index is 328. The van der Waals surface area contributed by atoms with Crippen LogP contribution < -0.4 is 0 Å². The van der Waals surface area contributed by atoms with E-state index in [0.717, 1.165) is 5.56 Å². The van der Waals surface area contributed by atoms with E-state index in [1.807, 2.05) is 0 Å².